The maximum atomic E-state index is 2.38. The highest BCUT2D eigenvalue weighted by molar-refractivity contribution is 7.32. The third-order valence-electron chi connectivity index (χ3n) is 8.48. The number of rotatable bonds is 3. The van der Waals surface area contributed by atoms with Crippen molar-refractivity contribution < 1.29 is 0 Å². The van der Waals surface area contributed by atoms with Crippen molar-refractivity contribution in [2.75, 3.05) is 0 Å². The van der Waals surface area contributed by atoms with E-state index in [-0.39, 0.29) is 0 Å². The van der Waals surface area contributed by atoms with Crippen LogP contribution >= 0.6 is 22.7 Å². The van der Waals surface area contributed by atoms with Crippen molar-refractivity contribution in [3.05, 3.63) is 146 Å². The maximum Gasteiger partial charge on any atom is 0.0534 e. The monoisotopic (exact) mass is 568 g/mol. The van der Waals surface area contributed by atoms with Crippen molar-refractivity contribution in [1.29, 1.82) is 0 Å². The van der Waals surface area contributed by atoms with Crippen LogP contribution in [0.5, 0.6) is 0 Å². The molecule has 0 atom stereocenters. The van der Waals surface area contributed by atoms with Gasteiger partial charge in [-0.05, 0) is 49.9 Å². The van der Waals surface area contributed by atoms with Crippen LogP contribution in [0.2, 0.25) is 0 Å². The van der Waals surface area contributed by atoms with Crippen LogP contribution < -0.4 is 0 Å². The van der Waals surface area contributed by atoms with Crippen LogP contribution in [0.15, 0.2) is 146 Å². The second-order valence-electron chi connectivity index (χ2n) is 10.8. The Hall–Kier alpha value is -4.76. The number of benzene rings is 7. The molecule has 2 heterocycles. The Morgan fingerprint density at radius 2 is 0.762 bits per heavy atom. The second-order valence-corrected chi connectivity index (χ2v) is 12.9. The van der Waals surface area contributed by atoms with E-state index in [0.29, 0.717) is 0 Å². The topological polar surface area (TPSA) is 0 Å². The van der Waals surface area contributed by atoms with E-state index in [0.717, 1.165) is 0 Å². The van der Waals surface area contributed by atoms with Gasteiger partial charge in [0.05, 0.1) is 9.40 Å². The first kappa shape index (κ1) is 23.9. The van der Waals surface area contributed by atoms with E-state index < -0.39 is 0 Å². The van der Waals surface area contributed by atoms with Crippen molar-refractivity contribution in [3.63, 3.8) is 0 Å². The number of thiophene rings is 2. The highest BCUT2D eigenvalue weighted by atomic mass is 32.1. The third-order valence-corrected chi connectivity index (χ3v) is 11.1. The largest absolute Gasteiger partial charge is 0.134 e. The Balaban J connectivity index is 1.49. The van der Waals surface area contributed by atoms with E-state index in [4.69, 9.17) is 0 Å². The molecule has 0 amide bonds. The molecule has 0 saturated carbocycles. The van der Waals surface area contributed by atoms with Gasteiger partial charge in [0.15, 0.2) is 0 Å². The molecule has 0 spiro atoms. The Morgan fingerprint density at radius 3 is 1.40 bits per heavy atom. The van der Waals surface area contributed by atoms with Gasteiger partial charge in [0.25, 0.3) is 0 Å². The summed E-state index contributed by atoms with van der Waals surface area (Å²) in [4.78, 5) is 1.33. The molecule has 7 aromatic carbocycles. The SMILES string of the molecule is c1ccc(-c2sc3c(ccc4c5ccccc5sc43)c2-c2c3ccccc3c(-c3ccccc3)c3ccccc23)cc1. The molecule has 196 valence electrons. The lowest BCUT2D eigenvalue weighted by Gasteiger charge is -2.18. The van der Waals surface area contributed by atoms with E-state index in [2.05, 4.69) is 146 Å². The predicted octanol–water partition coefficient (Wildman–Crippen LogP) is 12.6. The van der Waals surface area contributed by atoms with Crippen LogP contribution in [0.1, 0.15) is 0 Å². The van der Waals surface area contributed by atoms with Gasteiger partial charge in [-0.3, -0.25) is 0 Å². The highest BCUT2D eigenvalue weighted by Gasteiger charge is 2.24. The Bertz CT molecular complexity index is 2390. The van der Waals surface area contributed by atoms with Gasteiger partial charge in [0, 0.05) is 31.3 Å². The Kier molecular flexibility index (Phi) is 5.34. The first-order chi connectivity index (χ1) is 20.9. The van der Waals surface area contributed by atoms with Crippen molar-refractivity contribution >= 4 is 74.5 Å². The fourth-order valence-electron chi connectivity index (χ4n) is 6.69. The van der Waals surface area contributed by atoms with Gasteiger partial charge in [-0.2, -0.15) is 0 Å². The van der Waals surface area contributed by atoms with Crippen molar-refractivity contribution in [1.82, 2.24) is 0 Å². The normalized spacial score (nSPS) is 11.8. The quantitative estimate of drug-likeness (QED) is 0.186. The van der Waals surface area contributed by atoms with Crippen LogP contribution in [0.4, 0.5) is 0 Å². The summed E-state index contributed by atoms with van der Waals surface area (Å²) >= 11 is 3.87. The standard InChI is InChI=1S/C40H24S2/c1-3-13-25(14-4-1)35-28-18-7-9-20-30(28)36(31-21-10-8-19-29(31)35)37-33-24-23-32-27-17-11-12-22-34(27)41-39(32)40(33)42-38(37)26-15-5-2-6-16-26/h1-24H. The van der Waals surface area contributed by atoms with E-state index >= 15 is 0 Å². The summed E-state index contributed by atoms with van der Waals surface area (Å²) in [6.45, 7) is 0. The molecular formula is C40H24S2. The van der Waals surface area contributed by atoms with Crippen LogP contribution in [-0.4, -0.2) is 0 Å². The van der Waals surface area contributed by atoms with Crippen LogP contribution in [0.25, 0.3) is 84.5 Å². The molecule has 2 aromatic heterocycles. The molecule has 9 rings (SSSR count). The number of hydrogen-bond acceptors (Lipinski definition) is 2. The average molecular weight is 569 g/mol. The fraction of sp³-hybridized carbons (Fsp3) is 0. The molecule has 9 aromatic rings. The molecule has 0 fully saturated rings. The number of hydrogen-bond donors (Lipinski definition) is 0. The van der Waals surface area contributed by atoms with Gasteiger partial charge < -0.3 is 0 Å². The molecule has 2 heteroatoms. The molecule has 0 N–H and O–H groups in total. The first-order valence-electron chi connectivity index (χ1n) is 14.3. The van der Waals surface area contributed by atoms with Crippen molar-refractivity contribution in [2.24, 2.45) is 0 Å². The minimum atomic E-state index is 1.25. The van der Waals surface area contributed by atoms with Gasteiger partial charge in [0.2, 0.25) is 0 Å². The summed E-state index contributed by atoms with van der Waals surface area (Å²) in [6.07, 6.45) is 0. The molecule has 0 bridgehead atoms. The Labute approximate surface area is 251 Å². The lowest BCUT2D eigenvalue weighted by molar-refractivity contribution is 1.66. The summed E-state index contributed by atoms with van der Waals surface area (Å²) in [6, 6.07) is 53.3. The smallest absolute Gasteiger partial charge is 0.0534 e. The zero-order valence-electron chi connectivity index (χ0n) is 22.7. The van der Waals surface area contributed by atoms with Crippen LogP contribution in [0.3, 0.4) is 0 Å². The van der Waals surface area contributed by atoms with E-state index in [1.165, 1.54) is 84.5 Å². The molecule has 0 radical (unpaired) electrons. The summed E-state index contributed by atoms with van der Waals surface area (Å²) < 4.78 is 4.11. The predicted molar refractivity (Wildman–Crippen MR) is 186 cm³/mol. The maximum absolute atomic E-state index is 2.38. The summed E-state index contributed by atoms with van der Waals surface area (Å²) in [5.74, 6) is 0. The summed E-state index contributed by atoms with van der Waals surface area (Å²) in [7, 11) is 0. The molecule has 0 unspecified atom stereocenters. The van der Waals surface area contributed by atoms with E-state index in [1.807, 2.05) is 22.7 Å². The molecule has 0 saturated heterocycles. The molecular weight excluding hydrogens is 545 g/mol. The van der Waals surface area contributed by atoms with Gasteiger partial charge in [-0.15, -0.1) is 22.7 Å². The summed E-state index contributed by atoms with van der Waals surface area (Å²) in [5.41, 5.74) is 6.49. The van der Waals surface area contributed by atoms with Crippen molar-refractivity contribution in [3.8, 4) is 32.7 Å². The number of fused-ring (bicyclic) bond motifs is 7. The average Bonchev–Trinajstić information content (AvgIpc) is 3.63. The van der Waals surface area contributed by atoms with Crippen LogP contribution in [-0.2, 0) is 0 Å². The first-order valence-corrected chi connectivity index (χ1v) is 15.9. The van der Waals surface area contributed by atoms with Crippen LogP contribution in [0, 0.1) is 0 Å². The van der Waals surface area contributed by atoms with Gasteiger partial charge in [-0.1, -0.05) is 140 Å². The zero-order chi connectivity index (χ0) is 27.6. The summed E-state index contributed by atoms with van der Waals surface area (Å²) in [5, 5.41) is 9.20. The molecule has 0 nitrogen and oxygen atoms in total. The van der Waals surface area contributed by atoms with E-state index in [1.54, 1.807) is 0 Å². The lowest BCUT2D eigenvalue weighted by atomic mass is 9.84. The lowest BCUT2D eigenvalue weighted by Crippen LogP contribution is -1.91. The van der Waals surface area contributed by atoms with Gasteiger partial charge in [-0.25, -0.2) is 0 Å². The molecule has 0 aliphatic rings. The highest BCUT2D eigenvalue weighted by Crippen LogP contribution is 2.53. The van der Waals surface area contributed by atoms with Gasteiger partial charge >= 0.3 is 0 Å². The second kappa shape index (κ2) is 9.39. The third kappa shape index (κ3) is 3.46. The van der Waals surface area contributed by atoms with Crippen molar-refractivity contribution in [2.45, 2.75) is 0 Å². The van der Waals surface area contributed by atoms with E-state index in [9.17, 15) is 0 Å². The minimum absolute atomic E-state index is 1.25. The molecule has 0 aliphatic heterocycles. The molecule has 0 aliphatic carbocycles. The minimum Gasteiger partial charge on any atom is -0.134 e. The van der Waals surface area contributed by atoms with Gasteiger partial charge in [0.1, 0.15) is 0 Å². The Morgan fingerprint density at radius 1 is 0.286 bits per heavy atom. The molecule has 42 heavy (non-hydrogen) atoms. The zero-order valence-corrected chi connectivity index (χ0v) is 24.3. The fourth-order valence-corrected chi connectivity index (χ4v) is 9.34.